The Hall–Kier alpha value is -2.15. The van der Waals surface area contributed by atoms with E-state index in [-0.39, 0.29) is 61.9 Å². The quantitative estimate of drug-likeness (QED) is 0.338. The third-order valence-corrected chi connectivity index (χ3v) is 9.44. The first-order chi connectivity index (χ1) is 18.7. The van der Waals surface area contributed by atoms with Crippen LogP contribution in [0.4, 0.5) is 13.2 Å². The fourth-order valence-electron chi connectivity index (χ4n) is 4.67. The number of carbonyl (C=O) groups is 2. The smallest absolute Gasteiger partial charge is 0.352 e. The lowest BCUT2D eigenvalue weighted by atomic mass is 10.00. The van der Waals surface area contributed by atoms with Gasteiger partial charge in [0.1, 0.15) is 0 Å². The number of hydrogen-bond acceptors (Lipinski definition) is 5. The van der Waals surface area contributed by atoms with Crippen LogP contribution >= 0.6 is 27.5 Å². The summed E-state index contributed by atoms with van der Waals surface area (Å²) in [6.07, 6.45) is -2.13. The molecule has 0 saturated carbocycles. The van der Waals surface area contributed by atoms with Crippen LogP contribution < -0.4 is 10.6 Å². The molecule has 7 nitrogen and oxygen atoms in total. The first kappa shape index (κ1) is 32.4. The predicted molar refractivity (Wildman–Crippen MR) is 151 cm³/mol. The normalized spacial score (nSPS) is 16.5. The summed E-state index contributed by atoms with van der Waals surface area (Å²) in [5, 5.41) is 5.73. The van der Waals surface area contributed by atoms with Crippen molar-refractivity contribution in [1.82, 2.24) is 15.5 Å². The van der Waals surface area contributed by atoms with Crippen molar-refractivity contribution in [2.45, 2.75) is 69.7 Å². The van der Waals surface area contributed by atoms with Crippen LogP contribution in [0, 0.1) is 0 Å². The number of nitrogens with zero attached hydrogens (tertiary/aromatic N) is 1. The molecule has 1 saturated heterocycles. The Morgan fingerprint density at radius 3 is 2.55 bits per heavy atom. The zero-order valence-corrected chi connectivity index (χ0v) is 25.4. The number of rotatable bonds is 10. The minimum atomic E-state index is -4.73. The molecule has 2 N–H and O–H groups in total. The van der Waals surface area contributed by atoms with Crippen LogP contribution in [0.15, 0.2) is 39.7 Å². The minimum absolute atomic E-state index is 0.00192. The van der Waals surface area contributed by atoms with Gasteiger partial charge in [-0.15, -0.1) is 0 Å². The topological polar surface area (TPSA) is 95.6 Å². The zero-order chi connectivity index (χ0) is 29.7. The molecule has 3 rings (SSSR count). The second kappa shape index (κ2) is 13.7. The lowest BCUT2D eigenvalue weighted by molar-refractivity contribution is -0.138. The van der Waals surface area contributed by atoms with Gasteiger partial charge in [0.2, 0.25) is 5.91 Å². The molecule has 1 heterocycles. The summed E-state index contributed by atoms with van der Waals surface area (Å²) in [5.41, 5.74) is -0.940. The minimum Gasteiger partial charge on any atom is -0.352 e. The van der Waals surface area contributed by atoms with Crippen molar-refractivity contribution in [3.8, 4) is 0 Å². The van der Waals surface area contributed by atoms with Gasteiger partial charge in [0.05, 0.1) is 16.2 Å². The van der Waals surface area contributed by atoms with Gasteiger partial charge in [0, 0.05) is 47.2 Å². The van der Waals surface area contributed by atoms with Crippen LogP contribution in [0.25, 0.3) is 0 Å². The highest BCUT2D eigenvalue weighted by atomic mass is 79.9. The molecule has 13 heteroatoms. The SMILES string of the molecule is CCCC(=O)N[C@H]1CCCN(Cc2c(Br)cc(C(=O)NCc3cc(Cl)ccc3S(=O)(=O)CC)cc2C(F)(F)F)C1. The molecule has 2 aromatic carbocycles. The van der Waals surface area contributed by atoms with Gasteiger partial charge >= 0.3 is 6.18 Å². The van der Waals surface area contributed by atoms with Crippen LogP contribution in [-0.4, -0.2) is 50.0 Å². The Balaban J connectivity index is 1.82. The van der Waals surface area contributed by atoms with E-state index in [4.69, 9.17) is 11.6 Å². The van der Waals surface area contributed by atoms with Crippen LogP contribution in [0.1, 0.15) is 66.6 Å². The molecule has 1 aliphatic rings. The highest BCUT2D eigenvalue weighted by Crippen LogP contribution is 2.37. The molecule has 2 amide bonds. The van der Waals surface area contributed by atoms with E-state index in [1.165, 1.54) is 31.2 Å². The van der Waals surface area contributed by atoms with Crippen LogP contribution in [0.3, 0.4) is 0 Å². The van der Waals surface area contributed by atoms with Crippen LogP contribution in [0.5, 0.6) is 0 Å². The molecule has 0 radical (unpaired) electrons. The van der Waals surface area contributed by atoms with Crippen molar-refractivity contribution < 1.29 is 31.2 Å². The first-order valence-corrected chi connectivity index (χ1v) is 15.8. The first-order valence-electron chi connectivity index (χ1n) is 13.0. The van der Waals surface area contributed by atoms with Gasteiger partial charge in [0.25, 0.3) is 5.91 Å². The largest absolute Gasteiger partial charge is 0.416 e. The standard InChI is InChI=1S/C27H32BrClF3N3O4S/c1-3-6-25(36)34-20-7-5-10-35(15-20)16-21-22(27(30,31)32)12-17(13-23(21)28)26(37)33-14-18-11-19(29)8-9-24(18)40(38,39)4-2/h8-9,11-13,20H,3-7,10,14-16H2,1-2H3,(H,33,37)(H,34,36)/t20-/m0/s1. The average Bonchev–Trinajstić information content (AvgIpc) is 2.87. The number of piperidine rings is 1. The Labute approximate surface area is 245 Å². The van der Waals surface area contributed by atoms with Crippen molar-refractivity contribution in [3.05, 3.63) is 62.1 Å². The third kappa shape index (κ3) is 8.43. The van der Waals surface area contributed by atoms with Crippen molar-refractivity contribution in [2.24, 2.45) is 0 Å². The Bertz CT molecular complexity index is 1360. The number of nitrogens with one attached hydrogen (secondary N) is 2. The number of halogens is 5. The van der Waals surface area contributed by atoms with Gasteiger partial charge in [-0.1, -0.05) is 41.4 Å². The van der Waals surface area contributed by atoms with E-state index in [2.05, 4.69) is 26.6 Å². The lowest BCUT2D eigenvalue weighted by Crippen LogP contribution is -2.47. The highest BCUT2D eigenvalue weighted by molar-refractivity contribution is 9.10. The number of hydrogen-bond donors (Lipinski definition) is 2. The molecule has 0 aliphatic carbocycles. The number of alkyl halides is 3. The molecular weight excluding hydrogens is 635 g/mol. The summed E-state index contributed by atoms with van der Waals surface area (Å²) in [6, 6.07) is 6.16. The summed E-state index contributed by atoms with van der Waals surface area (Å²) in [6.45, 7) is 4.12. The Kier molecular flexibility index (Phi) is 11.1. The fourth-order valence-corrected chi connectivity index (χ4v) is 6.57. The second-order valence-corrected chi connectivity index (χ2v) is 13.2. The summed E-state index contributed by atoms with van der Waals surface area (Å²) in [4.78, 5) is 26.8. The molecular formula is C27H32BrClF3N3O4S. The maximum Gasteiger partial charge on any atom is 0.416 e. The van der Waals surface area contributed by atoms with E-state index in [9.17, 15) is 31.2 Å². The Morgan fingerprint density at radius 1 is 1.18 bits per heavy atom. The molecule has 1 fully saturated rings. The number of sulfone groups is 1. The summed E-state index contributed by atoms with van der Waals surface area (Å²) >= 11 is 9.26. The molecule has 0 unspecified atom stereocenters. The van der Waals surface area contributed by atoms with E-state index in [0.29, 0.717) is 25.9 Å². The number of carbonyl (C=O) groups excluding carboxylic acids is 2. The highest BCUT2D eigenvalue weighted by Gasteiger charge is 2.36. The van der Waals surface area contributed by atoms with Crippen LogP contribution in [0.2, 0.25) is 5.02 Å². The number of amides is 2. The van der Waals surface area contributed by atoms with Crippen LogP contribution in [-0.2, 0) is 33.9 Å². The Morgan fingerprint density at radius 2 is 1.90 bits per heavy atom. The average molecular weight is 667 g/mol. The van der Waals surface area contributed by atoms with Crippen molar-refractivity contribution in [2.75, 3.05) is 18.8 Å². The molecule has 1 atom stereocenters. The molecule has 0 aromatic heterocycles. The lowest BCUT2D eigenvalue weighted by Gasteiger charge is -2.34. The number of likely N-dealkylation sites (tertiary alicyclic amines) is 1. The van der Waals surface area contributed by atoms with Gasteiger partial charge in [0.15, 0.2) is 9.84 Å². The van der Waals surface area contributed by atoms with Crippen molar-refractivity contribution in [3.63, 3.8) is 0 Å². The number of benzene rings is 2. The van der Waals surface area contributed by atoms with E-state index in [1.807, 2.05) is 11.8 Å². The van der Waals surface area contributed by atoms with Gasteiger partial charge in [-0.2, -0.15) is 13.2 Å². The summed E-state index contributed by atoms with van der Waals surface area (Å²) in [7, 11) is -3.62. The maximum absolute atomic E-state index is 14.2. The van der Waals surface area contributed by atoms with E-state index < -0.39 is 27.5 Å². The predicted octanol–water partition coefficient (Wildman–Crippen LogP) is 5.73. The fraction of sp³-hybridized carbons (Fsp3) is 0.481. The van der Waals surface area contributed by atoms with Gasteiger partial charge < -0.3 is 10.6 Å². The second-order valence-electron chi connectivity index (χ2n) is 9.71. The molecule has 220 valence electrons. The summed E-state index contributed by atoms with van der Waals surface area (Å²) < 4.78 is 67.5. The van der Waals surface area contributed by atoms with Crippen molar-refractivity contribution >= 4 is 49.2 Å². The molecule has 40 heavy (non-hydrogen) atoms. The van der Waals surface area contributed by atoms with E-state index >= 15 is 0 Å². The molecule has 1 aliphatic heterocycles. The zero-order valence-electron chi connectivity index (χ0n) is 22.2. The third-order valence-electron chi connectivity index (χ3n) is 6.67. The maximum atomic E-state index is 14.2. The summed E-state index contributed by atoms with van der Waals surface area (Å²) in [5.74, 6) is -1.03. The van der Waals surface area contributed by atoms with Gasteiger partial charge in [-0.25, -0.2) is 8.42 Å². The van der Waals surface area contributed by atoms with Gasteiger partial charge in [-0.3, -0.25) is 14.5 Å². The molecule has 0 bridgehead atoms. The van der Waals surface area contributed by atoms with E-state index in [1.54, 1.807) is 0 Å². The van der Waals surface area contributed by atoms with Crippen molar-refractivity contribution in [1.29, 1.82) is 0 Å². The monoisotopic (exact) mass is 665 g/mol. The molecule has 0 spiro atoms. The molecule has 2 aromatic rings. The van der Waals surface area contributed by atoms with E-state index in [0.717, 1.165) is 18.9 Å². The van der Waals surface area contributed by atoms with Gasteiger partial charge in [-0.05, 0) is 67.3 Å².